The Balaban J connectivity index is 0.000000569. The third-order valence-electron chi connectivity index (χ3n) is 3.74. The standard InChI is InChI=1S/C17H12N4S.C2H3N/c1-11-16(13-4-2-12(3-5-13)6-8-18)21-15(20-11)10-19-14-7-9-22-17(14)21;1-2-3/h2-5,7,9-10H,6H2,1H3;1H3. The van der Waals surface area contributed by atoms with Gasteiger partial charge in [-0.2, -0.15) is 10.5 Å². The van der Waals surface area contributed by atoms with Crippen molar-refractivity contribution in [3.05, 3.63) is 53.2 Å². The zero-order valence-electron chi connectivity index (χ0n) is 13.9. The first-order chi connectivity index (χ1) is 12.2. The smallest absolute Gasteiger partial charge is 0.157 e. The van der Waals surface area contributed by atoms with Crippen LogP contribution in [0.4, 0.5) is 0 Å². The number of benzene rings is 1. The van der Waals surface area contributed by atoms with Gasteiger partial charge in [-0.1, -0.05) is 24.3 Å². The van der Waals surface area contributed by atoms with Crippen LogP contribution < -0.4 is 0 Å². The lowest BCUT2D eigenvalue weighted by Crippen LogP contribution is -1.92. The summed E-state index contributed by atoms with van der Waals surface area (Å²) in [6.07, 6.45) is 2.25. The molecular weight excluding hydrogens is 330 g/mol. The van der Waals surface area contributed by atoms with Crippen LogP contribution in [-0.4, -0.2) is 14.4 Å². The summed E-state index contributed by atoms with van der Waals surface area (Å²) >= 11 is 1.67. The molecule has 0 unspecified atom stereocenters. The molecule has 0 aliphatic rings. The molecule has 3 heterocycles. The number of imidazole rings is 1. The molecule has 0 fully saturated rings. The van der Waals surface area contributed by atoms with Crippen molar-refractivity contribution < 1.29 is 0 Å². The molecule has 0 aliphatic heterocycles. The van der Waals surface area contributed by atoms with Gasteiger partial charge in [-0.3, -0.25) is 4.40 Å². The fourth-order valence-corrected chi connectivity index (χ4v) is 3.60. The highest BCUT2D eigenvalue weighted by molar-refractivity contribution is 7.16. The monoisotopic (exact) mass is 345 g/mol. The molecule has 0 atom stereocenters. The van der Waals surface area contributed by atoms with Crippen LogP contribution in [-0.2, 0) is 6.42 Å². The van der Waals surface area contributed by atoms with E-state index in [1.165, 1.54) is 6.92 Å². The molecular formula is C19H15N5S. The summed E-state index contributed by atoms with van der Waals surface area (Å²) in [4.78, 5) is 10.2. The van der Waals surface area contributed by atoms with Crippen LogP contribution in [0, 0.1) is 29.6 Å². The van der Waals surface area contributed by atoms with Gasteiger partial charge in [0, 0.05) is 12.5 Å². The summed E-state index contributed by atoms with van der Waals surface area (Å²) in [5.74, 6) is 0. The van der Waals surface area contributed by atoms with Gasteiger partial charge in [0.15, 0.2) is 5.65 Å². The highest BCUT2D eigenvalue weighted by Crippen LogP contribution is 2.30. The minimum absolute atomic E-state index is 0.436. The Morgan fingerprint density at radius 2 is 1.88 bits per heavy atom. The van der Waals surface area contributed by atoms with Crippen LogP contribution in [0.1, 0.15) is 18.2 Å². The molecule has 3 aromatic heterocycles. The van der Waals surface area contributed by atoms with E-state index in [0.717, 1.165) is 38.5 Å². The van der Waals surface area contributed by atoms with Crippen LogP contribution in [0.25, 0.3) is 27.3 Å². The number of hydrogen-bond donors (Lipinski definition) is 0. The molecule has 0 bridgehead atoms. The lowest BCUT2D eigenvalue weighted by atomic mass is 10.1. The van der Waals surface area contributed by atoms with Gasteiger partial charge < -0.3 is 0 Å². The molecule has 4 rings (SSSR count). The lowest BCUT2D eigenvalue weighted by molar-refractivity contribution is 1.22. The maximum atomic E-state index is 8.78. The molecule has 0 saturated carbocycles. The first-order valence-corrected chi connectivity index (χ1v) is 8.56. The Bertz CT molecular complexity index is 1110. The number of aryl methyl sites for hydroxylation is 1. The molecule has 4 aromatic rings. The Labute approximate surface area is 149 Å². The average molecular weight is 345 g/mol. The fourth-order valence-electron chi connectivity index (χ4n) is 2.74. The number of nitrogens with zero attached hydrogens (tertiary/aromatic N) is 5. The number of thiophene rings is 1. The van der Waals surface area contributed by atoms with E-state index in [2.05, 4.69) is 32.6 Å². The number of rotatable bonds is 2. The predicted octanol–water partition coefficient (Wildman–Crippen LogP) is 4.52. The Hall–Kier alpha value is -3.22. The van der Waals surface area contributed by atoms with Gasteiger partial charge in [0.05, 0.1) is 41.7 Å². The van der Waals surface area contributed by atoms with Crippen molar-refractivity contribution in [2.75, 3.05) is 0 Å². The van der Waals surface area contributed by atoms with Crippen LogP contribution in [0.5, 0.6) is 0 Å². The van der Waals surface area contributed by atoms with Crippen molar-refractivity contribution in [3.63, 3.8) is 0 Å². The highest BCUT2D eigenvalue weighted by Gasteiger charge is 2.14. The van der Waals surface area contributed by atoms with Crippen molar-refractivity contribution in [1.82, 2.24) is 14.4 Å². The van der Waals surface area contributed by atoms with Crippen LogP contribution in [0.2, 0.25) is 0 Å². The molecule has 0 saturated heterocycles. The normalized spacial score (nSPS) is 10.1. The van der Waals surface area contributed by atoms with E-state index in [9.17, 15) is 0 Å². The van der Waals surface area contributed by atoms with Gasteiger partial charge in [-0.05, 0) is 23.9 Å². The largest absolute Gasteiger partial charge is 0.280 e. The second kappa shape index (κ2) is 7.12. The van der Waals surface area contributed by atoms with E-state index in [1.807, 2.05) is 36.7 Å². The summed E-state index contributed by atoms with van der Waals surface area (Å²) in [5, 5.41) is 18.2. The fraction of sp³-hybridized carbons (Fsp3) is 0.158. The zero-order valence-corrected chi connectivity index (χ0v) is 14.7. The molecule has 5 nitrogen and oxygen atoms in total. The summed E-state index contributed by atoms with van der Waals surface area (Å²) in [7, 11) is 0. The predicted molar refractivity (Wildman–Crippen MR) is 99.1 cm³/mol. The van der Waals surface area contributed by atoms with Crippen LogP contribution in [0.3, 0.4) is 0 Å². The van der Waals surface area contributed by atoms with Crippen LogP contribution in [0.15, 0.2) is 41.9 Å². The van der Waals surface area contributed by atoms with Crippen molar-refractivity contribution in [1.29, 1.82) is 10.5 Å². The summed E-state index contributed by atoms with van der Waals surface area (Å²) in [6, 6.07) is 14.1. The molecule has 25 heavy (non-hydrogen) atoms. The van der Waals surface area contributed by atoms with Gasteiger partial charge in [-0.15, -0.1) is 11.3 Å². The maximum Gasteiger partial charge on any atom is 0.157 e. The molecule has 0 amide bonds. The van der Waals surface area contributed by atoms with E-state index in [1.54, 1.807) is 17.4 Å². The van der Waals surface area contributed by atoms with Gasteiger partial charge >= 0.3 is 0 Å². The van der Waals surface area contributed by atoms with E-state index < -0.39 is 0 Å². The first-order valence-electron chi connectivity index (χ1n) is 7.68. The molecule has 0 radical (unpaired) electrons. The minimum atomic E-state index is 0.436. The topological polar surface area (TPSA) is 77.8 Å². The minimum Gasteiger partial charge on any atom is -0.280 e. The van der Waals surface area contributed by atoms with E-state index in [4.69, 9.17) is 10.5 Å². The van der Waals surface area contributed by atoms with Gasteiger partial charge in [0.25, 0.3) is 0 Å². The van der Waals surface area contributed by atoms with Crippen molar-refractivity contribution in [3.8, 4) is 23.4 Å². The molecule has 0 spiro atoms. The van der Waals surface area contributed by atoms with Gasteiger partial charge in [-0.25, -0.2) is 9.97 Å². The quantitative estimate of drug-likeness (QED) is 0.535. The third kappa shape index (κ3) is 3.08. The number of nitriles is 2. The van der Waals surface area contributed by atoms with E-state index >= 15 is 0 Å². The second-order valence-corrected chi connectivity index (χ2v) is 6.26. The highest BCUT2D eigenvalue weighted by atomic mass is 32.1. The van der Waals surface area contributed by atoms with Gasteiger partial charge in [0.2, 0.25) is 0 Å². The van der Waals surface area contributed by atoms with Gasteiger partial charge in [0.1, 0.15) is 4.83 Å². The summed E-state index contributed by atoms with van der Waals surface area (Å²) < 4.78 is 2.17. The molecule has 6 heteroatoms. The Kier molecular flexibility index (Phi) is 4.74. The van der Waals surface area contributed by atoms with Crippen molar-refractivity contribution >= 4 is 27.3 Å². The molecule has 0 aliphatic carbocycles. The average Bonchev–Trinajstić information content (AvgIpc) is 3.20. The Morgan fingerprint density at radius 1 is 1.16 bits per heavy atom. The molecule has 1 aromatic carbocycles. The van der Waals surface area contributed by atoms with E-state index in [0.29, 0.717) is 6.42 Å². The Morgan fingerprint density at radius 3 is 2.56 bits per heavy atom. The van der Waals surface area contributed by atoms with Crippen molar-refractivity contribution in [2.24, 2.45) is 0 Å². The second-order valence-electron chi connectivity index (χ2n) is 5.36. The first kappa shape index (κ1) is 16.6. The molecule has 0 N–H and O–H groups in total. The summed E-state index contributed by atoms with van der Waals surface area (Å²) in [6.45, 7) is 3.45. The van der Waals surface area contributed by atoms with Crippen LogP contribution >= 0.6 is 11.3 Å². The SMILES string of the molecule is CC#N.Cc1nc2cnc3ccsc3n2c1-c1ccc(CC#N)cc1. The number of aromatic nitrogens is 3. The number of fused-ring (bicyclic) bond motifs is 3. The molecule has 122 valence electrons. The zero-order chi connectivity index (χ0) is 17.8. The van der Waals surface area contributed by atoms with E-state index in [-0.39, 0.29) is 0 Å². The summed E-state index contributed by atoms with van der Waals surface area (Å²) in [5.41, 5.74) is 6.05. The third-order valence-corrected chi connectivity index (χ3v) is 4.62. The van der Waals surface area contributed by atoms with Crippen molar-refractivity contribution in [2.45, 2.75) is 20.3 Å². The number of hydrogen-bond acceptors (Lipinski definition) is 5. The maximum absolute atomic E-state index is 8.78. The lowest BCUT2D eigenvalue weighted by Gasteiger charge is -2.05.